The Morgan fingerprint density at radius 3 is 3.00 bits per heavy atom. The third-order valence-electron chi connectivity index (χ3n) is 2.38. The van der Waals surface area contributed by atoms with E-state index in [1.165, 1.54) is 10.8 Å². The minimum atomic E-state index is -3.00. The van der Waals surface area contributed by atoms with Gasteiger partial charge in [-0.2, -0.15) is 19.6 Å². The van der Waals surface area contributed by atoms with Gasteiger partial charge in [0.05, 0.1) is 5.75 Å². The molecule has 0 amide bonds. The topological polar surface area (TPSA) is 89.2 Å². The van der Waals surface area contributed by atoms with E-state index in [4.69, 9.17) is 11.6 Å². The molecular weight excluding hydrogens is 278 g/mol. The second-order valence-corrected chi connectivity index (χ2v) is 6.46. The second-order valence-electron chi connectivity index (χ2n) is 3.60. The zero-order valence-corrected chi connectivity index (χ0v) is 11.2. The number of halogens is 1. The predicted molar refractivity (Wildman–Crippen MR) is 68.6 cm³/mol. The second kappa shape index (κ2) is 5.07. The molecule has 7 nitrogen and oxygen atoms in total. The van der Waals surface area contributed by atoms with Crippen LogP contribution in [0, 0.1) is 0 Å². The average Bonchev–Trinajstić information content (AvgIpc) is 2.76. The van der Waals surface area contributed by atoms with Crippen LogP contribution >= 0.6 is 11.6 Å². The van der Waals surface area contributed by atoms with Crippen LogP contribution in [0.15, 0.2) is 12.4 Å². The molecule has 0 saturated heterocycles. The van der Waals surface area contributed by atoms with E-state index in [-0.39, 0.29) is 23.2 Å². The SMILES string of the molecule is CCS(=O)(=O)CCNc1cc(Cl)nc2ncnn12. The molecule has 0 spiro atoms. The Labute approximate surface area is 109 Å². The predicted octanol–water partition coefficient (Wildman–Crippen LogP) is 0.624. The van der Waals surface area contributed by atoms with Crippen molar-refractivity contribution >= 4 is 33.0 Å². The number of rotatable bonds is 5. The molecule has 0 atom stereocenters. The zero-order valence-electron chi connectivity index (χ0n) is 9.67. The van der Waals surface area contributed by atoms with Gasteiger partial charge in [-0.3, -0.25) is 0 Å². The lowest BCUT2D eigenvalue weighted by Gasteiger charge is -2.07. The van der Waals surface area contributed by atoms with Gasteiger partial charge in [0.2, 0.25) is 0 Å². The third kappa shape index (κ3) is 2.88. The standard InChI is InChI=1S/C9H12ClN5O2S/c1-2-18(16,17)4-3-11-8-5-7(10)14-9-12-6-13-15(8)9/h5-6,11H,2-4H2,1H3. The zero-order chi connectivity index (χ0) is 13.2. The fourth-order valence-electron chi connectivity index (χ4n) is 1.39. The van der Waals surface area contributed by atoms with Crippen LogP contribution in [-0.2, 0) is 9.84 Å². The van der Waals surface area contributed by atoms with E-state index in [1.54, 1.807) is 13.0 Å². The first-order valence-corrected chi connectivity index (χ1v) is 7.52. The molecule has 0 saturated carbocycles. The maximum Gasteiger partial charge on any atom is 0.255 e. The summed E-state index contributed by atoms with van der Waals surface area (Å²) in [7, 11) is -3.00. The molecule has 2 aromatic rings. The lowest BCUT2D eigenvalue weighted by atomic mass is 10.5. The van der Waals surface area contributed by atoms with Crippen LogP contribution in [0.3, 0.4) is 0 Å². The van der Waals surface area contributed by atoms with Crippen molar-refractivity contribution in [1.82, 2.24) is 19.6 Å². The molecule has 0 unspecified atom stereocenters. The number of aromatic nitrogens is 4. The van der Waals surface area contributed by atoms with Gasteiger partial charge in [-0.1, -0.05) is 18.5 Å². The molecule has 18 heavy (non-hydrogen) atoms. The van der Waals surface area contributed by atoms with E-state index in [0.29, 0.717) is 11.6 Å². The highest BCUT2D eigenvalue weighted by Crippen LogP contribution is 2.14. The fraction of sp³-hybridized carbons (Fsp3) is 0.444. The van der Waals surface area contributed by atoms with Gasteiger partial charge in [0.1, 0.15) is 17.3 Å². The third-order valence-corrected chi connectivity index (χ3v) is 4.28. The molecule has 0 bridgehead atoms. The number of nitrogens with one attached hydrogen (secondary N) is 1. The van der Waals surface area contributed by atoms with Gasteiger partial charge in [0.15, 0.2) is 9.84 Å². The van der Waals surface area contributed by atoms with Crippen molar-refractivity contribution in [3.8, 4) is 0 Å². The molecule has 2 heterocycles. The number of sulfone groups is 1. The van der Waals surface area contributed by atoms with Gasteiger partial charge in [0.25, 0.3) is 5.78 Å². The number of anilines is 1. The number of nitrogens with zero attached hydrogens (tertiary/aromatic N) is 4. The van der Waals surface area contributed by atoms with Gasteiger partial charge in [-0.25, -0.2) is 8.42 Å². The van der Waals surface area contributed by atoms with Crippen LogP contribution in [0.4, 0.5) is 5.82 Å². The summed E-state index contributed by atoms with van der Waals surface area (Å²) in [6.07, 6.45) is 1.35. The molecule has 0 aliphatic carbocycles. The minimum absolute atomic E-state index is 0.0552. The monoisotopic (exact) mass is 289 g/mol. The summed E-state index contributed by atoms with van der Waals surface area (Å²) in [5, 5.41) is 7.20. The highest BCUT2D eigenvalue weighted by atomic mass is 35.5. The van der Waals surface area contributed by atoms with E-state index in [2.05, 4.69) is 20.4 Å². The number of hydrogen-bond acceptors (Lipinski definition) is 6. The maximum atomic E-state index is 11.4. The summed E-state index contributed by atoms with van der Waals surface area (Å²) in [6, 6.07) is 1.57. The lowest BCUT2D eigenvalue weighted by Crippen LogP contribution is -2.18. The van der Waals surface area contributed by atoms with E-state index in [9.17, 15) is 8.42 Å². The summed E-state index contributed by atoms with van der Waals surface area (Å²) in [5.41, 5.74) is 0. The van der Waals surface area contributed by atoms with E-state index >= 15 is 0 Å². The quantitative estimate of drug-likeness (QED) is 0.812. The minimum Gasteiger partial charge on any atom is -0.369 e. The molecule has 1 N–H and O–H groups in total. The number of fused-ring (bicyclic) bond motifs is 1. The summed E-state index contributed by atoms with van der Waals surface area (Å²) in [5.74, 6) is 1.11. The van der Waals surface area contributed by atoms with Gasteiger partial charge in [0, 0.05) is 18.4 Å². The Kier molecular flexibility index (Phi) is 3.67. The number of hydrogen-bond donors (Lipinski definition) is 1. The van der Waals surface area contributed by atoms with Gasteiger partial charge in [-0.15, -0.1) is 0 Å². The highest BCUT2D eigenvalue weighted by molar-refractivity contribution is 7.91. The molecule has 9 heteroatoms. The lowest BCUT2D eigenvalue weighted by molar-refractivity contribution is 0.597. The van der Waals surface area contributed by atoms with Crippen molar-refractivity contribution in [1.29, 1.82) is 0 Å². The molecule has 2 aromatic heterocycles. The normalized spacial score (nSPS) is 11.9. The van der Waals surface area contributed by atoms with Crippen LogP contribution in [-0.4, -0.2) is 46.1 Å². The van der Waals surface area contributed by atoms with Crippen molar-refractivity contribution < 1.29 is 8.42 Å². The molecule has 0 fully saturated rings. The van der Waals surface area contributed by atoms with Crippen LogP contribution in [0.1, 0.15) is 6.92 Å². The summed E-state index contributed by atoms with van der Waals surface area (Å²) in [4.78, 5) is 7.88. The van der Waals surface area contributed by atoms with Crippen molar-refractivity contribution in [3.63, 3.8) is 0 Å². The smallest absolute Gasteiger partial charge is 0.255 e. The van der Waals surface area contributed by atoms with Gasteiger partial charge in [-0.05, 0) is 0 Å². The molecule has 0 aromatic carbocycles. The van der Waals surface area contributed by atoms with Crippen molar-refractivity contribution in [2.45, 2.75) is 6.92 Å². The van der Waals surface area contributed by atoms with Gasteiger partial charge >= 0.3 is 0 Å². The first-order chi connectivity index (χ1) is 8.52. The Hall–Kier alpha value is -1.41. The van der Waals surface area contributed by atoms with Crippen LogP contribution in [0.2, 0.25) is 5.15 Å². The van der Waals surface area contributed by atoms with Crippen molar-refractivity contribution in [3.05, 3.63) is 17.5 Å². The van der Waals surface area contributed by atoms with Crippen LogP contribution < -0.4 is 5.32 Å². The van der Waals surface area contributed by atoms with Gasteiger partial charge < -0.3 is 5.32 Å². The Morgan fingerprint density at radius 1 is 1.50 bits per heavy atom. The molecular formula is C9H12ClN5O2S. The van der Waals surface area contributed by atoms with Crippen LogP contribution in [0.5, 0.6) is 0 Å². The first kappa shape index (κ1) is 13.0. The molecule has 2 rings (SSSR count). The fourth-order valence-corrected chi connectivity index (χ4v) is 2.27. The van der Waals surface area contributed by atoms with Crippen molar-refractivity contribution in [2.24, 2.45) is 0 Å². The summed E-state index contributed by atoms with van der Waals surface area (Å²) < 4.78 is 24.2. The Balaban J connectivity index is 2.14. The largest absolute Gasteiger partial charge is 0.369 e. The first-order valence-electron chi connectivity index (χ1n) is 5.32. The highest BCUT2D eigenvalue weighted by Gasteiger charge is 2.09. The Morgan fingerprint density at radius 2 is 2.28 bits per heavy atom. The molecule has 0 radical (unpaired) electrons. The maximum absolute atomic E-state index is 11.4. The molecule has 98 valence electrons. The van der Waals surface area contributed by atoms with Crippen molar-refractivity contribution in [2.75, 3.05) is 23.4 Å². The summed E-state index contributed by atoms with van der Waals surface area (Å²) >= 11 is 5.83. The molecule has 0 aliphatic rings. The average molecular weight is 290 g/mol. The summed E-state index contributed by atoms with van der Waals surface area (Å²) in [6.45, 7) is 1.90. The van der Waals surface area contributed by atoms with Crippen LogP contribution in [0.25, 0.3) is 5.78 Å². The molecule has 0 aliphatic heterocycles. The van der Waals surface area contributed by atoms with E-state index in [0.717, 1.165) is 0 Å². The van der Waals surface area contributed by atoms with E-state index in [1.807, 2.05) is 0 Å². The van der Waals surface area contributed by atoms with E-state index < -0.39 is 9.84 Å². The Bertz CT molecular complexity index is 654.